The summed E-state index contributed by atoms with van der Waals surface area (Å²) in [6, 6.07) is 50.4. The van der Waals surface area contributed by atoms with Gasteiger partial charge in [0.15, 0.2) is 5.82 Å². The number of rotatable bonds is 4. The number of aromatic nitrogens is 5. The molecule has 9 rings (SSSR count). The molecular formula is C44H32N6. The Hall–Kier alpha value is -6.58. The van der Waals surface area contributed by atoms with Crippen molar-refractivity contribution in [3.8, 4) is 40.2 Å². The quantitative estimate of drug-likeness (QED) is 0.191. The maximum Gasteiger partial charge on any atom is 0.238 e. The van der Waals surface area contributed by atoms with Crippen molar-refractivity contribution >= 4 is 43.6 Å². The van der Waals surface area contributed by atoms with Gasteiger partial charge in [-0.05, 0) is 53.6 Å². The number of hydrogen-bond donors (Lipinski definition) is 0. The van der Waals surface area contributed by atoms with Crippen molar-refractivity contribution < 1.29 is 0 Å². The first kappa shape index (κ1) is 29.6. The molecule has 0 aliphatic rings. The van der Waals surface area contributed by atoms with E-state index in [1.807, 2.05) is 36.4 Å². The van der Waals surface area contributed by atoms with Gasteiger partial charge >= 0.3 is 0 Å². The maximum atomic E-state index is 10.1. The van der Waals surface area contributed by atoms with Crippen molar-refractivity contribution in [1.82, 2.24) is 24.1 Å². The SMILES string of the molecule is CC(C)(C)c1nc(-c2cc(C#N)ccc2-n2c3ccccc3c3c(-c4ccccc4)cccc32)nc(-n2c3ccccc3c3ccccc32)n1. The third kappa shape index (κ3) is 4.59. The van der Waals surface area contributed by atoms with Crippen LogP contribution in [0, 0.1) is 11.3 Å². The third-order valence-electron chi connectivity index (χ3n) is 9.46. The molecule has 3 aromatic heterocycles. The highest BCUT2D eigenvalue weighted by molar-refractivity contribution is 6.16. The smallest absolute Gasteiger partial charge is 0.238 e. The van der Waals surface area contributed by atoms with E-state index in [9.17, 15) is 5.26 Å². The molecule has 3 heterocycles. The van der Waals surface area contributed by atoms with Gasteiger partial charge in [-0.3, -0.25) is 4.57 Å². The summed E-state index contributed by atoms with van der Waals surface area (Å²) in [5.74, 6) is 1.72. The van der Waals surface area contributed by atoms with Gasteiger partial charge in [0.2, 0.25) is 5.95 Å². The predicted octanol–water partition coefficient (Wildman–Crippen LogP) is 10.6. The van der Waals surface area contributed by atoms with Gasteiger partial charge in [0, 0.05) is 32.5 Å². The first-order valence-corrected chi connectivity index (χ1v) is 16.8. The Bertz CT molecular complexity index is 2760. The molecule has 0 amide bonds. The molecule has 6 aromatic carbocycles. The van der Waals surface area contributed by atoms with E-state index >= 15 is 0 Å². The molecule has 238 valence electrons. The highest BCUT2D eigenvalue weighted by Gasteiger charge is 2.25. The largest absolute Gasteiger partial charge is 0.308 e. The Balaban J connectivity index is 1.37. The zero-order chi connectivity index (χ0) is 34.0. The van der Waals surface area contributed by atoms with Crippen LogP contribution in [0.15, 0.2) is 140 Å². The van der Waals surface area contributed by atoms with E-state index in [1.165, 1.54) is 5.39 Å². The standard InChI is InChI=1S/C44H32N6/c1-44(2,3)42-46-41(47-43(48-42)50-35-20-10-7-16-31(35)32-17-8-11-21-36(32)50)34-26-28(27-45)24-25-38(34)49-37-22-12-9-18-33(37)40-30(19-13-23-39(40)49)29-14-5-4-6-15-29/h4-26H,1-3H3. The molecule has 0 bridgehead atoms. The molecule has 0 aliphatic heterocycles. The normalized spacial score (nSPS) is 11.9. The van der Waals surface area contributed by atoms with Gasteiger partial charge in [-0.2, -0.15) is 15.2 Å². The minimum Gasteiger partial charge on any atom is -0.308 e. The predicted molar refractivity (Wildman–Crippen MR) is 203 cm³/mol. The molecule has 6 nitrogen and oxygen atoms in total. The summed E-state index contributed by atoms with van der Waals surface area (Å²) in [4.78, 5) is 15.5. The van der Waals surface area contributed by atoms with Crippen molar-refractivity contribution in [2.75, 3.05) is 0 Å². The summed E-state index contributed by atoms with van der Waals surface area (Å²) >= 11 is 0. The molecule has 0 atom stereocenters. The van der Waals surface area contributed by atoms with Crippen LogP contribution in [0.5, 0.6) is 0 Å². The Morgan fingerprint density at radius 3 is 1.80 bits per heavy atom. The molecule has 6 heteroatoms. The summed E-state index contributed by atoms with van der Waals surface area (Å²) in [5.41, 5.74) is 8.28. The van der Waals surface area contributed by atoms with Crippen molar-refractivity contribution in [2.24, 2.45) is 0 Å². The molecule has 0 aliphatic carbocycles. The van der Waals surface area contributed by atoms with Crippen molar-refractivity contribution in [3.05, 3.63) is 151 Å². The van der Waals surface area contributed by atoms with Crippen LogP contribution in [0.2, 0.25) is 0 Å². The zero-order valence-corrected chi connectivity index (χ0v) is 28.0. The third-order valence-corrected chi connectivity index (χ3v) is 9.46. The van der Waals surface area contributed by atoms with Gasteiger partial charge < -0.3 is 4.57 Å². The number of hydrogen-bond acceptors (Lipinski definition) is 4. The van der Waals surface area contributed by atoms with Crippen molar-refractivity contribution in [2.45, 2.75) is 26.2 Å². The van der Waals surface area contributed by atoms with Crippen molar-refractivity contribution in [1.29, 1.82) is 5.26 Å². The van der Waals surface area contributed by atoms with E-state index < -0.39 is 0 Å². The second-order valence-electron chi connectivity index (χ2n) is 13.7. The van der Waals surface area contributed by atoms with Crippen LogP contribution >= 0.6 is 0 Å². The van der Waals surface area contributed by atoms with E-state index in [0.29, 0.717) is 23.2 Å². The first-order chi connectivity index (χ1) is 24.4. The van der Waals surface area contributed by atoms with Gasteiger partial charge in [-0.1, -0.05) is 118 Å². The maximum absolute atomic E-state index is 10.1. The second kappa shape index (κ2) is 11.3. The lowest BCUT2D eigenvalue weighted by atomic mass is 9.95. The average Bonchev–Trinajstić information content (AvgIpc) is 3.67. The molecule has 0 spiro atoms. The number of nitrogens with zero attached hydrogens (tertiary/aromatic N) is 6. The fourth-order valence-electron chi connectivity index (χ4n) is 7.18. The Labute approximate surface area is 289 Å². The zero-order valence-electron chi connectivity index (χ0n) is 28.0. The van der Waals surface area contributed by atoms with Crippen LogP contribution in [0.25, 0.3) is 77.8 Å². The minimum atomic E-state index is -0.379. The lowest BCUT2D eigenvalue weighted by molar-refractivity contribution is 0.540. The molecule has 0 saturated carbocycles. The molecule has 0 fully saturated rings. The summed E-state index contributed by atoms with van der Waals surface area (Å²) in [6.07, 6.45) is 0. The van der Waals surface area contributed by atoms with Crippen LogP contribution in [-0.4, -0.2) is 24.1 Å². The lowest BCUT2D eigenvalue weighted by Gasteiger charge is -2.20. The van der Waals surface area contributed by atoms with Gasteiger partial charge in [0.1, 0.15) is 5.82 Å². The minimum absolute atomic E-state index is 0.379. The number of nitriles is 1. The number of para-hydroxylation sites is 3. The highest BCUT2D eigenvalue weighted by Crippen LogP contribution is 2.41. The molecule has 0 saturated heterocycles. The van der Waals surface area contributed by atoms with E-state index in [4.69, 9.17) is 15.0 Å². The molecule has 9 aromatic rings. The van der Waals surface area contributed by atoms with Crippen LogP contribution in [0.3, 0.4) is 0 Å². The van der Waals surface area contributed by atoms with E-state index in [0.717, 1.165) is 60.6 Å². The molecule has 50 heavy (non-hydrogen) atoms. The summed E-state index contributed by atoms with van der Waals surface area (Å²) in [5, 5.41) is 14.7. The molecular weight excluding hydrogens is 613 g/mol. The molecule has 0 unspecified atom stereocenters. The van der Waals surface area contributed by atoms with Crippen LogP contribution in [0.4, 0.5) is 0 Å². The van der Waals surface area contributed by atoms with E-state index in [2.05, 4.69) is 139 Å². The second-order valence-corrected chi connectivity index (χ2v) is 13.7. The molecule has 0 N–H and O–H groups in total. The number of fused-ring (bicyclic) bond motifs is 6. The summed E-state index contributed by atoms with van der Waals surface area (Å²) in [6.45, 7) is 6.35. The van der Waals surface area contributed by atoms with Gasteiger partial charge in [0.05, 0.1) is 39.4 Å². The summed E-state index contributed by atoms with van der Waals surface area (Å²) < 4.78 is 4.42. The first-order valence-electron chi connectivity index (χ1n) is 16.8. The fourth-order valence-corrected chi connectivity index (χ4v) is 7.18. The van der Waals surface area contributed by atoms with Gasteiger partial charge in [0.25, 0.3) is 0 Å². The monoisotopic (exact) mass is 644 g/mol. The highest BCUT2D eigenvalue weighted by atomic mass is 15.2. The Kier molecular flexibility index (Phi) is 6.65. The summed E-state index contributed by atoms with van der Waals surface area (Å²) in [7, 11) is 0. The molecule has 0 radical (unpaired) electrons. The Morgan fingerprint density at radius 1 is 0.540 bits per heavy atom. The average molecular weight is 645 g/mol. The lowest BCUT2D eigenvalue weighted by Crippen LogP contribution is -2.19. The van der Waals surface area contributed by atoms with Crippen LogP contribution in [-0.2, 0) is 5.41 Å². The van der Waals surface area contributed by atoms with Gasteiger partial charge in [-0.15, -0.1) is 0 Å². The fraction of sp³-hybridized carbons (Fsp3) is 0.0909. The van der Waals surface area contributed by atoms with E-state index in [-0.39, 0.29) is 5.41 Å². The Morgan fingerprint density at radius 2 is 1.14 bits per heavy atom. The van der Waals surface area contributed by atoms with Crippen LogP contribution in [0.1, 0.15) is 32.2 Å². The van der Waals surface area contributed by atoms with Gasteiger partial charge in [-0.25, -0.2) is 4.98 Å². The van der Waals surface area contributed by atoms with Crippen molar-refractivity contribution in [3.63, 3.8) is 0 Å². The van der Waals surface area contributed by atoms with Crippen LogP contribution < -0.4 is 0 Å². The number of benzene rings is 6. The topological polar surface area (TPSA) is 72.3 Å². The van der Waals surface area contributed by atoms with E-state index in [1.54, 1.807) is 0 Å².